The molecule has 0 fully saturated rings. The van der Waals surface area contributed by atoms with E-state index in [0.717, 1.165) is 11.8 Å². The molecule has 0 atom stereocenters. The number of carbonyl (C=O) groups is 1. The smallest absolute Gasteiger partial charge is 0.277 e. The van der Waals surface area contributed by atoms with Crippen LogP contribution in [0, 0.1) is 5.82 Å². The molecule has 0 aliphatic heterocycles. The highest BCUT2D eigenvalue weighted by atomic mass is 32.2. The number of aromatic nitrogens is 2. The zero-order valence-electron chi connectivity index (χ0n) is 11.1. The maximum absolute atomic E-state index is 12.7. The molecule has 20 heavy (non-hydrogen) atoms. The third kappa shape index (κ3) is 4.06. The first kappa shape index (κ1) is 14.5. The molecule has 1 amide bonds. The van der Waals surface area contributed by atoms with E-state index in [1.165, 1.54) is 24.3 Å². The normalized spacial score (nSPS) is 10.8. The number of hydrogen-bond acceptors (Lipinski definition) is 5. The van der Waals surface area contributed by atoms with Crippen LogP contribution in [-0.2, 0) is 4.79 Å². The third-order valence-electron chi connectivity index (χ3n) is 2.37. The Balaban J connectivity index is 1.84. The number of anilines is 1. The molecule has 1 aromatic heterocycles. The van der Waals surface area contributed by atoms with Gasteiger partial charge in [-0.2, -0.15) is 0 Å². The zero-order valence-corrected chi connectivity index (χ0v) is 11.9. The largest absolute Gasteiger partial charge is 0.416 e. The van der Waals surface area contributed by atoms with Gasteiger partial charge in [0.1, 0.15) is 5.82 Å². The van der Waals surface area contributed by atoms with Gasteiger partial charge in [-0.15, -0.1) is 10.2 Å². The fourth-order valence-corrected chi connectivity index (χ4v) is 1.94. The van der Waals surface area contributed by atoms with Gasteiger partial charge < -0.3 is 9.73 Å². The SMILES string of the molecule is CC(C)c1nnc(SCC(=O)Nc2ccc(F)cc2)o1. The maximum Gasteiger partial charge on any atom is 0.277 e. The number of halogens is 1. The lowest BCUT2D eigenvalue weighted by molar-refractivity contribution is -0.113. The summed E-state index contributed by atoms with van der Waals surface area (Å²) < 4.78 is 18.1. The van der Waals surface area contributed by atoms with E-state index in [2.05, 4.69) is 15.5 Å². The van der Waals surface area contributed by atoms with Crippen molar-refractivity contribution in [2.75, 3.05) is 11.1 Å². The number of thioether (sulfide) groups is 1. The van der Waals surface area contributed by atoms with Gasteiger partial charge in [0.2, 0.25) is 11.8 Å². The first-order valence-corrected chi connectivity index (χ1v) is 7.05. The van der Waals surface area contributed by atoms with Crippen molar-refractivity contribution in [3.05, 3.63) is 36.0 Å². The molecule has 2 rings (SSSR count). The number of benzene rings is 1. The first-order valence-electron chi connectivity index (χ1n) is 6.06. The lowest BCUT2D eigenvalue weighted by atomic mass is 10.2. The van der Waals surface area contributed by atoms with Crippen molar-refractivity contribution in [3.63, 3.8) is 0 Å². The molecule has 5 nitrogen and oxygen atoms in total. The van der Waals surface area contributed by atoms with E-state index >= 15 is 0 Å². The molecule has 1 N–H and O–H groups in total. The molecule has 0 saturated heterocycles. The summed E-state index contributed by atoms with van der Waals surface area (Å²) >= 11 is 1.16. The number of hydrogen-bond donors (Lipinski definition) is 1. The summed E-state index contributed by atoms with van der Waals surface area (Å²) in [7, 11) is 0. The number of nitrogens with zero attached hydrogens (tertiary/aromatic N) is 2. The molecule has 0 saturated carbocycles. The summed E-state index contributed by atoms with van der Waals surface area (Å²) in [6, 6.07) is 5.58. The highest BCUT2D eigenvalue weighted by Gasteiger charge is 2.11. The molecule has 1 heterocycles. The Bertz CT molecular complexity index is 584. The highest BCUT2D eigenvalue weighted by molar-refractivity contribution is 7.99. The first-order chi connectivity index (χ1) is 9.54. The Morgan fingerprint density at radius 1 is 1.35 bits per heavy atom. The summed E-state index contributed by atoms with van der Waals surface area (Å²) in [5.74, 6) is 0.295. The summed E-state index contributed by atoms with van der Waals surface area (Å²) in [6.07, 6.45) is 0. The molecule has 7 heteroatoms. The standard InChI is InChI=1S/C13H14FN3O2S/c1-8(2)12-16-17-13(19-12)20-7-11(18)15-10-5-3-9(14)4-6-10/h3-6,8H,7H2,1-2H3,(H,15,18). The van der Waals surface area contributed by atoms with Gasteiger partial charge in [-0.3, -0.25) is 4.79 Å². The van der Waals surface area contributed by atoms with Crippen molar-refractivity contribution in [2.24, 2.45) is 0 Å². The van der Waals surface area contributed by atoms with Gasteiger partial charge in [0.25, 0.3) is 5.22 Å². The summed E-state index contributed by atoms with van der Waals surface area (Å²) in [5, 5.41) is 10.7. The van der Waals surface area contributed by atoms with E-state index in [0.29, 0.717) is 16.8 Å². The van der Waals surface area contributed by atoms with Crippen molar-refractivity contribution in [2.45, 2.75) is 25.0 Å². The van der Waals surface area contributed by atoms with Crippen LogP contribution in [0.2, 0.25) is 0 Å². The number of amides is 1. The Hall–Kier alpha value is -1.89. The van der Waals surface area contributed by atoms with Crippen LogP contribution < -0.4 is 5.32 Å². The van der Waals surface area contributed by atoms with Crippen LogP contribution in [0.25, 0.3) is 0 Å². The average molecular weight is 295 g/mol. The molecule has 106 valence electrons. The van der Waals surface area contributed by atoms with Crippen molar-refractivity contribution >= 4 is 23.4 Å². The van der Waals surface area contributed by atoms with E-state index in [1.54, 1.807) is 0 Å². The predicted molar refractivity (Wildman–Crippen MR) is 74.1 cm³/mol. The van der Waals surface area contributed by atoms with Gasteiger partial charge in [-0.1, -0.05) is 25.6 Å². The second kappa shape index (κ2) is 6.51. The third-order valence-corrected chi connectivity index (χ3v) is 3.19. The molecular formula is C13H14FN3O2S. The molecule has 0 radical (unpaired) electrons. The van der Waals surface area contributed by atoms with Crippen LogP contribution in [0.4, 0.5) is 10.1 Å². The van der Waals surface area contributed by atoms with Gasteiger partial charge in [-0.05, 0) is 24.3 Å². The van der Waals surface area contributed by atoms with Gasteiger partial charge in [0.05, 0.1) is 5.75 Å². The molecule has 0 unspecified atom stereocenters. The lowest BCUT2D eigenvalue weighted by Gasteiger charge is -2.03. The van der Waals surface area contributed by atoms with Gasteiger partial charge >= 0.3 is 0 Å². The quantitative estimate of drug-likeness (QED) is 0.859. The molecule has 0 bridgehead atoms. The maximum atomic E-state index is 12.7. The molecule has 1 aromatic carbocycles. The van der Waals surface area contributed by atoms with E-state index in [-0.39, 0.29) is 23.4 Å². The summed E-state index contributed by atoms with van der Waals surface area (Å²) in [4.78, 5) is 11.7. The highest BCUT2D eigenvalue weighted by Crippen LogP contribution is 2.20. The topological polar surface area (TPSA) is 68.0 Å². The molecule has 0 aliphatic carbocycles. The minimum atomic E-state index is -0.343. The van der Waals surface area contributed by atoms with Crippen molar-refractivity contribution in [1.29, 1.82) is 0 Å². The van der Waals surface area contributed by atoms with Crippen molar-refractivity contribution < 1.29 is 13.6 Å². The second-order valence-electron chi connectivity index (χ2n) is 4.40. The van der Waals surface area contributed by atoms with Crippen LogP contribution in [0.3, 0.4) is 0 Å². The number of rotatable bonds is 5. The van der Waals surface area contributed by atoms with E-state index in [4.69, 9.17) is 4.42 Å². The van der Waals surface area contributed by atoms with Gasteiger partial charge in [0.15, 0.2) is 0 Å². The molecule has 0 aliphatic rings. The molecule has 2 aromatic rings. The fraction of sp³-hybridized carbons (Fsp3) is 0.308. The Morgan fingerprint density at radius 2 is 2.05 bits per heavy atom. The van der Waals surface area contributed by atoms with E-state index in [9.17, 15) is 9.18 Å². The summed E-state index contributed by atoms with van der Waals surface area (Å²) in [6.45, 7) is 3.90. The second-order valence-corrected chi connectivity index (χ2v) is 5.33. The lowest BCUT2D eigenvalue weighted by Crippen LogP contribution is -2.13. The summed E-state index contributed by atoms with van der Waals surface area (Å²) in [5.41, 5.74) is 0.547. The Morgan fingerprint density at radius 3 is 2.65 bits per heavy atom. The molecular weight excluding hydrogens is 281 g/mol. The van der Waals surface area contributed by atoms with E-state index in [1.807, 2.05) is 13.8 Å². The predicted octanol–water partition coefficient (Wildman–Crippen LogP) is 3.06. The Kier molecular flexibility index (Phi) is 4.73. The van der Waals surface area contributed by atoms with Crippen LogP contribution in [0.15, 0.2) is 33.9 Å². The van der Waals surface area contributed by atoms with Crippen molar-refractivity contribution in [1.82, 2.24) is 10.2 Å². The monoisotopic (exact) mass is 295 g/mol. The average Bonchev–Trinajstić information content (AvgIpc) is 2.88. The van der Waals surface area contributed by atoms with Crippen LogP contribution in [-0.4, -0.2) is 21.9 Å². The van der Waals surface area contributed by atoms with Gasteiger partial charge in [-0.25, -0.2) is 4.39 Å². The fourth-order valence-electron chi connectivity index (χ4n) is 1.37. The van der Waals surface area contributed by atoms with Crippen LogP contribution >= 0.6 is 11.8 Å². The number of carbonyl (C=O) groups excluding carboxylic acids is 1. The van der Waals surface area contributed by atoms with Gasteiger partial charge in [0, 0.05) is 11.6 Å². The van der Waals surface area contributed by atoms with Crippen molar-refractivity contribution in [3.8, 4) is 0 Å². The zero-order chi connectivity index (χ0) is 14.5. The van der Waals surface area contributed by atoms with E-state index < -0.39 is 0 Å². The van der Waals surface area contributed by atoms with Crippen LogP contribution in [0.5, 0.6) is 0 Å². The Labute approximate surface area is 120 Å². The minimum absolute atomic E-state index is 0.150. The van der Waals surface area contributed by atoms with Crippen LogP contribution in [0.1, 0.15) is 25.7 Å². The minimum Gasteiger partial charge on any atom is -0.416 e. The molecule has 0 spiro atoms. The number of nitrogens with one attached hydrogen (secondary N) is 1.